The maximum Gasteiger partial charge on any atom is 0.0334 e. The van der Waals surface area contributed by atoms with Gasteiger partial charge in [0.05, 0.1) is 0 Å². The molecule has 3 heteroatoms. The number of nitrogens with two attached hydrogens (primary N) is 1. The Morgan fingerprint density at radius 1 is 1.00 bits per heavy atom. The lowest BCUT2D eigenvalue weighted by molar-refractivity contribution is 0.0293. The molecule has 2 saturated heterocycles. The summed E-state index contributed by atoms with van der Waals surface area (Å²) in [5.41, 5.74) is 6.60. The van der Waals surface area contributed by atoms with Crippen LogP contribution in [0.1, 0.15) is 64.7 Å². The van der Waals surface area contributed by atoms with Crippen LogP contribution < -0.4 is 5.73 Å². The van der Waals surface area contributed by atoms with E-state index in [1.165, 1.54) is 84.0 Å². The second-order valence-corrected chi connectivity index (χ2v) is 7.76. The molecule has 0 radical (unpaired) electrons. The molecule has 3 rings (SSSR count). The first-order valence-corrected chi connectivity index (χ1v) is 9.46. The molecule has 0 aromatic heterocycles. The fourth-order valence-electron chi connectivity index (χ4n) is 5.15. The highest BCUT2D eigenvalue weighted by Gasteiger charge is 2.43. The average molecular weight is 293 g/mol. The topological polar surface area (TPSA) is 32.5 Å². The quantitative estimate of drug-likeness (QED) is 0.865. The summed E-state index contributed by atoms with van der Waals surface area (Å²) in [5, 5.41) is 0. The fourth-order valence-corrected chi connectivity index (χ4v) is 5.15. The van der Waals surface area contributed by atoms with E-state index in [4.69, 9.17) is 5.73 Å². The minimum atomic E-state index is 0.355. The molecule has 0 spiro atoms. The molecule has 3 nitrogen and oxygen atoms in total. The zero-order valence-electron chi connectivity index (χ0n) is 14.0. The smallest absolute Gasteiger partial charge is 0.0334 e. The van der Waals surface area contributed by atoms with Gasteiger partial charge in [0.1, 0.15) is 0 Å². The van der Waals surface area contributed by atoms with Crippen molar-refractivity contribution >= 4 is 0 Å². The maximum atomic E-state index is 6.24. The molecule has 1 saturated carbocycles. The maximum absolute atomic E-state index is 6.24. The van der Waals surface area contributed by atoms with Crippen LogP contribution in [0, 0.1) is 5.92 Å². The number of nitrogens with zero attached hydrogens (tertiary/aromatic N) is 2. The minimum Gasteiger partial charge on any atom is -0.329 e. The molecule has 0 amide bonds. The number of hydrogen-bond donors (Lipinski definition) is 1. The van der Waals surface area contributed by atoms with Gasteiger partial charge in [-0.3, -0.25) is 4.90 Å². The van der Waals surface area contributed by atoms with Crippen molar-refractivity contribution in [1.29, 1.82) is 0 Å². The molecule has 2 heterocycles. The van der Waals surface area contributed by atoms with Crippen molar-refractivity contribution in [2.75, 3.05) is 32.7 Å². The highest BCUT2D eigenvalue weighted by molar-refractivity contribution is 5.00. The first-order chi connectivity index (χ1) is 10.3. The predicted octanol–water partition coefficient (Wildman–Crippen LogP) is 2.84. The summed E-state index contributed by atoms with van der Waals surface area (Å²) in [7, 11) is 0. The highest BCUT2D eigenvalue weighted by Crippen LogP contribution is 2.41. The van der Waals surface area contributed by atoms with Gasteiger partial charge in [-0.25, -0.2) is 0 Å². The van der Waals surface area contributed by atoms with Crippen molar-refractivity contribution in [1.82, 2.24) is 9.80 Å². The molecule has 0 aromatic rings. The van der Waals surface area contributed by atoms with Gasteiger partial charge in [-0.15, -0.1) is 0 Å². The summed E-state index contributed by atoms with van der Waals surface area (Å²) in [4.78, 5) is 5.56. The Bertz CT molecular complexity index is 318. The first kappa shape index (κ1) is 15.8. The third-order valence-corrected chi connectivity index (χ3v) is 6.69. The van der Waals surface area contributed by atoms with Crippen molar-refractivity contribution in [3.63, 3.8) is 0 Å². The van der Waals surface area contributed by atoms with Crippen LogP contribution in [-0.2, 0) is 0 Å². The average Bonchev–Trinajstić information content (AvgIpc) is 3.01. The Morgan fingerprint density at radius 3 is 2.29 bits per heavy atom. The van der Waals surface area contributed by atoms with E-state index in [1.807, 2.05) is 0 Å². The number of rotatable bonds is 4. The Kier molecular flexibility index (Phi) is 5.23. The molecule has 2 atom stereocenters. The molecule has 3 aliphatic rings. The molecule has 21 heavy (non-hydrogen) atoms. The molecule has 2 unspecified atom stereocenters. The van der Waals surface area contributed by atoms with Crippen molar-refractivity contribution in [2.24, 2.45) is 11.7 Å². The van der Waals surface area contributed by atoms with E-state index in [-0.39, 0.29) is 0 Å². The normalized spacial score (nSPS) is 37.1. The molecule has 1 aliphatic carbocycles. The standard InChI is InChI=1S/C18H35N3/c1-2-16-6-9-18(14-16,15-19)21-12-7-17(8-13-21)20-10-4-3-5-11-20/h16-17H,2-15,19H2,1H3. The third-order valence-electron chi connectivity index (χ3n) is 6.69. The Labute approximate surface area is 131 Å². The lowest BCUT2D eigenvalue weighted by Gasteiger charge is -2.47. The van der Waals surface area contributed by atoms with Gasteiger partial charge >= 0.3 is 0 Å². The molecule has 0 aromatic carbocycles. The Balaban J connectivity index is 1.54. The van der Waals surface area contributed by atoms with Crippen LogP contribution in [-0.4, -0.2) is 54.1 Å². The van der Waals surface area contributed by atoms with Gasteiger partial charge < -0.3 is 10.6 Å². The summed E-state index contributed by atoms with van der Waals surface area (Å²) >= 11 is 0. The van der Waals surface area contributed by atoms with Crippen molar-refractivity contribution in [3.8, 4) is 0 Å². The van der Waals surface area contributed by atoms with Crippen LogP contribution in [0.4, 0.5) is 0 Å². The fraction of sp³-hybridized carbons (Fsp3) is 1.00. The molecule has 3 fully saturated rings. The van der Waals surface area contributed by atoms with Gasteiger partial charge in [0.2, 0.25) is 0 Å². The number of piperidine rings is 2. The molecule has 2 N–H and O–H groups in total. The molecule has 122 valence electrons. The van der Waals surface area contributed by atoms with Gasteiger partial charge in [-0.1, -0.05) is 19.8 Å². The van der Waals surface area contributed by atoms with Crippen LogP contribution in [0.25, 0.3) is 0 Å². The Hall–Kier alpha value is -0.120. The van der Waals surface area contributed by atoms with Gasteiger partial charge in [0.15, 0.2) is 0 Å². The third kappa shape index (κ3) is 3.30. The predicted molar refractivity (Wildman–Crippen MR) is 89.4 cm³/mol. The molecule has 2 aliphatic heterocycles. The first-order valence-electron chi connectivity index (χ1n) is 9.46. The number of likely N-dealkylation sites (tertiary alicyclic amines) is 2. The lowest BCUT2D eigenvalue weighted by atomic mass is 9.89. The molecular weight excluding hydrogens is 258 g/mol. The van der Waals surface area contributed by atoms with Gasteiger partial charge in [-0.2, -0.15) is 0 Å². The monoisotopic (exact) mass is 293 g/mol. The van der Waals surface area contributed by atoms with Gasteiger partial charge in [-0.05, 0) is 64.0 Å². The van der Waals surface area contributed by atoms with Gasteiger partial charge in [0, 0.05) is 31.2 Å². The number of hydrogen-bond acceptors (Lipinski definition) is 3. The Morgan fingerprint density at radius 2 is 1.71 bits per heavy atom. The van der Waals surface area contributed by atoms with E-state index >= 15 is 0 Å². The van der Waals surface area contributed by atoms with Crippen molar-refractivity contribution < 1.29 is 0 Å². The molecular formula is C18H35N3. The zero-order chi connectivity index (χ0) is 14.7. The summed E-state index contributed by atoms with van der Waals surface area (Å²) in [6.07, 6.45) is 12.5. The molecule has 0 bridgehead atoms. The van der Waals surface area contributed by atoms with E-state index in [0.717, 1.165) is 18.5 Å². The summed E-state index contributed by atoms with van der Waals surface area (Å²) in [6.45, 7) is 8.50. The van der Waals surface area contributed by atoms with Crippen molar-refractivity contribution in [2.45, 2.75) is 76.3 Å². The second-order valence-electron chi connectivity index (χ2n) is 7.76. The van der Waals surface area contributed by atoms with E-state index in [0.29, 0.717) is 5.54 Å². The van der Waals surface area contributed by atoms with Crippen LogP contribution in [0.5, 0.6) is 0 Å². The summed E-state index contributed by atoms with van der Waals surface area (Å²) < 4.78 is 0. The van der Waals surface area contributed by atoms with Gasteiger partial charge in [0.25, 0.3) is 0 Å². The summed E-state index contributed by atoms with van der Waals surface area (Å²) in [6, 6.07) is 0.861. The largest absolute Gasteiger partial charge is 0.329 e. The zero-order valence-corrected chi connectivity index (χ0v) is 14.0. The minimum absolute atomic E-state index is 0.355. The van der Waals surface area contributed by atoms with E-state index in [1.54, 1.807) is 0 Å². The van der Waals surface area contributed by atoms with E-state index in [9.17, 15) is 0 Å². The summed E-state index contributed by atoms with van der Waals surface area (Å²) in [5.74, 6) is 0.924. The highest BCUT2D eigenvalue weighted by atomic mass is 15.2. The van der Waals surface area contributed by atoms with Crippen LogP contribution >= 0.6 is 0 Å². The van der Waals surface area contributed by atoms with Crippen LogP contribution in [0.2, 0.25) is 0 Å². The SMILES string of the molecule is CCC1CCC(CN)(N2CCC(N3CCCCC3)CC2)C1. The second kappa shape index (κ2) is 6.97. The van der Waals surface area contributed by atoms with Crippen LogP contribution in [0.15, 0.2) is 0 Å². The lowest BCUT2D eigenvalue weighted by Crippen LogP contribution is -2.57. The van der Waals surface area contributed by atoms with Crippen LogP contribution in [0.3, 0.4) is 0 Å². The van der Waals surface area contributed by atoms with Crippen molar-refractivity contribution in [3.05, 3.63) is 0 Å². The van der Waals surface area contributed by atoms with E-state index < -0.39 is 0 Å². The van der Waals surface area contributed by atoms with E-state index in [2.05, 4.69) is 16.7 Å².